The monoisotopic (exact) mass is 325 g/mol. The predicted molar refractivity (Wildman–Crippen MR) is 92.2 cm³/mol. The zero-order chi connectivity index (χ0) is 16.5. The minimum atomic E-state index is -0.352. The molecule has 2 aromatic heterocycles. The molecule has 0 unspecified atom stereocenters. The van der Waals surface area contributed by atoms with Gasteiger partial charge in [-0.25, -0.2) is 14.8 Å². The van der Waals surface area contributed by atoms with Crippen LogP contribution in [0.5, 0.6) is 0 Å². The van der Waals surface area contributed by atoms with Crippen molar-refractivity contribution in [3.63, 3.8) is 0 Å². The Bertz CT molecular complexity index is 899. The molecule has 7 nitrogen and oxygen atoms in total. The second kappa shape index (κ2) is 6.09. The van der Waals surface area contributed by atoms with Crippen LogP contribution in [0.25, 0.3) is 21.9 Å². The van der Waals surface area contributed by atoms with Crippen molar-refractivity contribution in [2.24, 2.45) is 0 Å². The number of esters is 1. The first-order valence-corrected chi connectivity index (χ1v) is 8.08. The molecule has 0 atom stereocenters. The van der Waals surface area contributed by atoms with Crippen LogP contribution in [-0.4, -0.2) is 47.2 Å². The number of hydrogen-bond acceptors (Lipinski definition) is 6. The fraction of sp³-hybridized carbons (Fsp3) is 0.353. The smallest absolute Gasteiger partial charge is 0.337 e. The van der Waals surface area contributed by atoms with E-state index in [0.29, 0.717) is 11.6 Å². The number of anilines is 1. The fourth-order valence-corrected chi connectivity index (χ4v) is 3.24. The predicted octanol–water partition coefficient (Wildman–Crippen LogP) is 2.06. The van der Waals surface area contributed by atoms with Gasteiger partial charge in [0.25, 0.3) is 0 Å². The van der Waals surface area contributed by atoms with Crippen LogP contribution in [0.15, 0.2) is 24.5 Å². The number of nitrogens with zero attached hydrogens (tertiary/aromatic N) is 2. The summed E-state index contributed by atoms with van der Waals surface area (Å²) in [6.45, 7) is 2.03. The van der Waals surface area contributed by atoms with Gasteiger partial charge in [0.05, 0.1) is 18.1 Å². The Hall–Kier alpha value is -2.67. The highest BCUT2D eigenvalue weighted by atomic mass is 16.5. The summed E-state index contributed by atoms with van der Waals surface area (Å²) in [5, 5.41) is 8.87. The number of benzene rings is 1. The molecule has 1 aliphatic heterocycles. The maximum atomic E-state index is 11.7. The molecule has 0 radical (unpaired) electrons. The van der Waals surface area contributed by atoms with Crippen molar-refractivity contribution in [1.82, 2.24) is 20.3 Å². The van der Waals surface area contributed by atoms with Crippen molar-refractivity contribution in [3.8, 4) is 0 Å². The lowest BCUT2D eigenvalue weighted by atomic mass is 10.1. The lowest BCUT2D eigenvalue weighted by molar-refractivity contribution is 0.0601. The quantitative estimate of drug-likeness (QED) is 0.639. The molecular formula is C17H19N5O2. The Balaban J connectivity index is 1.78. The van der Waals surface area contributed by atoms with E-state index in [1.807, 2.05) is 6.07 Å². The van der Waals surface area contributed by atoms with E-state index in [0.717, 1.165) is 53.7 Å². The lowest BCUT2D eigenvalue weighted by Crippen LogP contribution is -2.35. The molecule has 0 bridgehead atoms. The first-order valence-electron chi connectivity index (χ1n) is 8.08. The van der Waals surface area contributed by atoms with Crippen LogP contribution in [0.1, 0.15) is 23.2 Å². The second-order valence-corrected chi connectivity index (χ2v) is 5.99. The maximum Gasteiger partial charge on any atom is 0.337 e. The van der Waals surface area contributed by atoms with Crippen LogP contribution in [-0.2, 0) is 4.74 Å². The van der Waals surface area contributed by atoms with E-state index in [1.165, 1.54) is 7.11 Å². The van der Waals surface area contributed by atoms with Crippen molar-refractivity contribution < 1.29 is 9.53 Å². The minimum absolute atomic E-state index is 0.352. The summed E-state index contributed by atoms with van der Waals surface area (Å²) in [6.07, 6.45) is 3.70. The van der Waals surface area contributed by atoms with E-state index < -0.39 is 0 Å². The van der Waals surface area contributed by atoms with Gasteiger partial charge < -0.3 is 20.4 Å². The van der Waals surface area contributed by atoms with Crippen molar-refractivity contribution >= 4 is 33.7 Å². The van der Waals surface area contributed by atoms with Crippen LogP contribution in [0, 0.1) is 0 Å². The molecule has 3 heterocycles. The molecular weight excluding hydrogens is 306 g/mol. The Kier molecular flexibility index (Phi) is 3.78. The Morgan fingerprint density at radius 1 is 1.29 bits per heavy atom. The van der Waals surface area contributed by atoms with Gasteiger partial charge in [0.2, 0.25) is 0 Å². The number of aromatic nitrogens is 3. The number of nitrogens with one attached hydrogen (secondary N) is 3. The number of piperidine rings is 1. The lowest BCUT2D eigenvalue weighted by Gasteiger charge is -2.24. The average molecular weight is 325 g/mol. The second-order valence-electron chi connectivity index (χ2n) is 5.99. The van der Waals surface area contributed by atoms with E-state index in [4.69, 9.17) is 4.74 Å². The number of carbonyl (C=O) groups is 1. The van der Waals surface area contributed by atoms with Crippen molar-refractivity contribution in [3.05, 3.63) is 30.1 Å². The Labute approximate surface area is 138 Å². The van der Waals surface area contributed by atoms with E-state index >= 15 is 0 Å². The van der Waals surface area contributed by atoms with Gasteiger partial charge in [0.1, 0.15) is 17.8 Å². The Morgan fingerprint density at radius 3 is 2.92 bits per heavy atom. The van der Waals surface area contributed by atoms with Gasteiger partial charge in [-0.05, 0) is 38.1 Å². The zero-order valence-electron chi connectivity index (χ0n) is 13.4. The van der Waals surface area contributed by atoms with Crippen LogP contribution in [0.2, 0.25) is 0 Å². The highest BCUT2D eigenvalue weighted by molar-refractivity contribution is 6.12. The molecule has 0 spiro atoms. The van der Waals surface area contributed by atoms with Gasteiger partial charge >= 0.3 is 5.97 Å². The van der Waals surface area contributed by atoms with Gasteiger partial charge in [-0.1, -0.05) is 6.07 Å². The summed E-state index contributed by atoms with van der Waals surface area (Å²) in [6, 6.07) is 5.88. The first kappa shape index (κ1) is 14.9. The normalized spacial score (nSPS) is 15.7. The molecule has 1 aromatic carbocycles. The Morgan fingerprint density at radius 2 is 2.12 bits per heavy atom. The summed E-state index contributed by atoms with van der Waals surface area (Å²) >= 11 is 0. The van der Waals surface area contributed by atoms with Gasteiger partial charge in [0.15, 0.2) is 0 Å². The highest BCUT2D eigenvalue weighted by Gasteiger charge is 2.17. The third kappa shape index (κ3) is 2.56. The SMILES string of the molecule is COC(=O)c1ccc2c(c1)[nH]c1ncnc(NC3CCNCC3)c12. The molecule has 1 fully saturated rings. The molecule has 4 rings (SSSR count). The van der Waals surface area contributed by atoms with Crippen molar-refractivity contribution in [1.29, 1.82) is 0 Å². The molecule has 1 aliphatic rings. The number of hydrogen-bond donors (Lipinski definition) is 3. The number of aromatic amines is 1. The molecule has 124 valence electrons. The van der Waals surface area contributed by atoms with Crippen LogP contribution < -0.4 is 10.6 Å². The summed E-state index contributed by atoms with van der Waals surface area (Å²) in [5.41, 5.74) is 2.12. The van der Waals surface area contributed by atoms with Crippen LogP contribution in [0.4, 0.5) is 5.82 Å². The summed E-state index contributed by atoms with van der Waals surface area (Å²) in [4.78, 5) is 23.8. The molecule has 3 aromatic rings. The number of fused-ring (bicyclic) bond motifs is 3. The fourth-order valence-electron chi connectivity index (χ4n) is 3.24. The first-order chi connectivity index (χ1) is 11.8. The van der Waals surface area contributed by atoms with Gasteiger partial charge in [-0.15, -0.1) is 0 Å². The molecule has 24 heavy (non-hydrogen) atoms. The third-order valence-electron chi connectivity index (χ3n) is 4.49. The van der Waals surface area contributed by atoms with Gasteiger partial charge in [-0.3, -0.25) is 0 Å². The minimum Gasteiger partial charge on any atom is -0.465 e. The maximum absolute atomic E-state index is 11.7. The summed E-state index contributed by atoms with van der Waals surface area (Å²) in [7, 11) is 1.38. The van der Waals surface area contributed by atoms with Crippen LogP contribution in [0.3, 0.4) is 0 Å². The number of carbonyl (C=O) groups excluding carboxylic acids is 1. The molecule has 0 saturated carbocycles. The average Bonchev–Trinajstić information content (AvgIpc) is 3.00. The van der Waals surface area contributed by atoms with E-state index in [1.54, 1.807) is 18.5 Å². The standard InChI is InChI=1S/C17H19N5O2/c1-24-17(23)10-2-3-12-13(8-10)22-16-14(12)15(19-9-20-16)21-11-4-6-18-7-5-11/h2-3,8-9,11,18H,4-7H2,1H3,(H2,19,20,21,22). The number of methoxy groups -OCH3 is 1. The summed E-state index contributed by atoms with van der Waals surface area (Å²) < 4.78 is 4.78. The van der Waals surface area contributed by atoms with E-state index in [-0.39, 0.29) is 5.97 Å². The van der Waals surface area contributed by atoms with Gasteiger partial charge in [0, 0.05) is 16.9 Å². The third-order valence-corrected chi connectivity index (χ3v) is 4.49. The van der Waals surface area contributed by atoms with Crippen molar-refractivity contribution in [2.75, 3.05) is 25.5 Å². The highest BCUT2D eigenvalue weighted by Crippen LogP contribution is 2.30. The molecule has 0 aliphatic carbocycles. The number of rotatable bonds is 3. The summed E-state index contributed by atoms with van der Waals surface area (Å²) in [5.74, 6) is 0.485. The molecule has 0 amide bonds. The zero-order valence-corrected chi connectivity index (χ0v) is 13.4. The number of ether oxygens (including phenoxy) is 1. The van der Waals surface area contributed by atoms with Gasteiger partial charge in [-0.2, -0.15) is 0 Å². The molecule has 7 heteroatoms. The molecule has 3 N–H and O–H groups in total. The van der Waals surface area contributed by atoms with E-state index in [9.17, 15) is 4.79 Å². The largest absolute Gasteiger partial charge is 0.465 e. The van der Waals surface area contributed by atoms with Crippen LogP contribution >= 0.6 is 0 Å². The number of H-pyrrole nitrogens is 1. The van der Waals surface area contributed by atoms with E-state index in [2.05, 4.69) is 25.6 Å². The molecule has 1 saturated heterocycles. The topological polar surface area (TPSA) is 91.9 Å². The van der Waals surface area contributed by atoms with Crippen molar-refractivity contribution in [2.45, 2.75) is 18.9 Å².